The first-order valence-electron chi connectivity index (χ1n) is 5.41. The number of hydrogen-bond donors (Lipinski definition) is 2. The lowest BCUT2D eigenvalue weighted by Gasteiger charge is -2.25. The summed E-state index contributed by atoms with van der Waals surface area (Å²) in [5, 5.41) is 6.79. The van der Waals surface area contributed by atoms with Crippen molar-refractivity contribution in [3.63, 3.8) is 0 Å². The third-order valence-electron chi connectivity index (χ3n) is 2.88. The number of nitrogens with one attached hydrogen (secondary N) is 1. The van der Waals surface area contributed by atoms with E-state index in [9.17, 15) is 0 Å². The monoisotopic (exact) mass is 227 g/mol. The summed E-state index contributed by atoms with van der Waals surface area (Å²) in [5.41, 5.74) is 0. The molecule has 3 N–H and O–H groups in total. The lowest BCUT2D eigenvalue weighted by Crippen LogP contribution is -2.32. The van der Waals surface area contributed by atoms with Crippen LogP contribution < -0.4 is 5.84 Å². The molecule has 15 heavy (non-hydrogen) atoms. The van der Waals surface area contributed by atoms with E-state index in [1.54, 1.807) is 0 Å². The van der Waals surface area contributed by atoms with E-state index >= 15 is 0 Å². The lowest BCUT2D eigenvalue weighted by atomic mass is 10.1. The van der Waals surface area contributed by atoms with Crippen molar-refractivity contribution in [2.24, 2.45) is 0 Å². The van der Waals surface area contributed by atoms with E-state index in [2.05, 4.69) is 15.1 Å². The average molecular weight is 227 g/mol. The van der Waals surface area contributed by atoms with Gasteiger partial charge in [0.25, 0.3) is 0 Å². The van der Waals surface area contributed by atoms with Crippen molar-refractivity contribution in [3.05, 3.63) is 10.6 Å². The van der Waals surface area contributed by atoms with Gasteiger partial charge in [0.1, 0.15) is 0 Å². The van der Waals surface area contributed by atoms with E-state index in [1.165, 1.54) is 37.0 Å². The molecule has 1 aliphatic heterocycles. The molecule has 1 fully saturated rings. The number of aromatic nitrogens is 3. The number of piperidine rings is 1. The fraction of sp³-hybridized carbons (Fsp3) is 0.778. The van der Waals surface area contributed by atoms with Gasteiger partial charge in [0.05, 0.1) is 0 Å². The molecule has 1 saturated heterocycles. The Balaban J connectivity index is 1.87. The molecule has 2 heterocycles. The molecule has 1 aromatic rings. The number of aromatic amines is 1. The van der Waals surface area contributed by atoms with Gasteiger partial charge in [-0.1, -0.05) is 6.42 Å². The average Bonchev–Trinajstić information content (AvgIpc) is 2.59. The van der Waals surface area contributed by atoms with E-state index in [-0.39, 0.29) is 0 Å². The lowest BCUT2D eigenvalue weighted by molar-refractivity contribution is 0.230. The molecule has 1 aliphatic rings. The highest BCUT2D eigenvalue weighted by atomic mass is 32.1. The van der Waals surface area contributed by atoms with Crippen LogP contribution >= 0.6 is 12.2 Å². The molecule has 0 atom stereocenters. The molecule has 2 rings (SSSR count). The minimum absolute atomic E-state index is 0.489. The first-order valence-corrected chi connectivity index (χ1v) is 5.82. The molecule has 6 heteroatoms. The van der Waals surface area contributed by atoms with Crippen LogP contribution in [0.25, 0.3) is 0 Å². The highest BCUT2D eigenvalue weighted by Gasteiger charge is 2.11. The summed E-state index contributed by atoms with van der Waals surface area (Å²) in [6.07, 6.45) is 4.86. The summed E-state index contributed by atoms with van der Waals surface area (Å²) >= 11 is 4.95. The molecule has 0 saturated carbocycles. The number of nitrogens with zero attached hydrogens (tertiary/aromatic N) is 3. The molecule has 0 spiro atoms. The van der Waals surface area contributed by atoms with Crippen molar-refractivity contribution >= 4 is 12.2 Å². The summed E-state index contributed by atoms with van der Waals surface area (Å²) in [4.78, 5) is 2.46. The summed E-state index contributed by atoms with van der Waals surface area (Å²) in [5.74, 6) is 6.56. The summed E-state index contributed by atoms with van der Waals surface area (Å²) in [6.45, 7) is 3.43. The minimum Gasteiger partial charge on any atom is -0.335 e. The van der Waals surface area contributed by atoms with Crippen LogP contribution in [0.2, 0.25) is 0 Å². The van der Waals surface area contributed by atoms with Gasteiger partial charge in [0, 0.05) is 13.0 Å². The molecule has 1 aromatic heterocycles. The second-order valence-electron chi connectivity index (χ2n) is 3.97. The van der Waals surface area contributed by atoms with Crippen molar-refractivity contribution in [2.45, 2.75) is 25.7 Å². The molecule has 84 valence electrons. The van der Waals surface area contributed by atoms with Crippen LogP contribution in [-0.4, -0.2) is 39.4 Å². The second-order valence-corrected chi connectivity index (χ2v) is 4.35. The third kappa shape index (κ3) is 2.57. The Bertz CT molecular complexity index is 363. The highest BCUT2D eigenvalue weighted by Crippen LogP contribution is 2.08. The molecule has 0 aromatic carbocycles. The number of rotatable bonds is 3. The topological polar surface area (TPSA) is 62.9 Å². The summed E-state index contributed by atoms with van der Waals surface area (Å²) in [7, 11) is 0. The van der Waals surface area contributed by atoms with Crippen molar-refractivity contribution in [1.29, 1.82) is 0 Å². The molecule has 5 nitrogen and oxygen atoms in total. The van der Waals surface area contributed by atoms with E-state index in [0.717, 1.165) is 18.8 Å². The summed E-state index contributed by atoms with van der Waals surface area (Å²) < 4.78 is 1.95. The number of nitrogen functional groups attached to an aromatic ring is 1. The summed E-state index contributed by atoms with van der Waals surface area (Å²) in [6, 6.07) is 0. The second kappa shape index (κ2) is 4.76. The van der Waals surface area contributed by atoms with Gasteiger partial charge < -0.3 is 10.7 Å². The Morgan fingerprint density at radius 1 is 1.33 bits per heavy atom. The van der Waals surface area contributed by atoms with Crippen LogP contribution in [-0.2, 0) is 6.42 Å². The maximum Gasteiger partial charge on any atom is 0.214 e. The molecule has 0 radical (unpaired) electrons. The van der Waals surface area contributed by atoms with E-state index < -0.39 is 0 Å². The molecule has 0 bridgehead atoms. The smallest absolute Gasteiger partial charge is 0.214 e. The van der Waals surface area contributed by atoms with E-state index in [1.807, 2.05) is 0 Å². The van der Waals surface area contributed by atoms with E-state index in [4.69, 9.17) is 18.1 Å². The Labute approximate surface area is 94.2 Å². The van der Waals surface area contributed by atoms with Gasteiger partial charge in [0.15, 0.2) is 5.82 Å². The largest absolute Gasteiger partial charge is 0.335 e. The van der Waals surface area contributed by atoms with Gasteiger partial charge in [0.2, 0.25) is 4.77 Å². The van der Waals surface area contributed by atoms with Crippen molar-refractivity contribution < 1.29 is 0 Å². The zero-order valence-corrected chi connectivity index (χ0v) is 9.59. The number of H-pyrrole nitrogens is 1. The predicted octanol–water partition coefficient (Wildman–Crippen LogP) is 0.683. The normalized spacial score (nSPS) is 18.1. The SMILES string of the molecule is Nn1c(CCN2CCCCC2)n[nH]c1=S. The van der Waals surface area contributed by atoms with E-state index in [0.29, 0.717) is 4.77 Å². The molecule has 0 amide bonds. The Hall–Kier alpha value is -0.880. The van der Waals surface area contributed by atoms with Crippen molar-refractivity contribution in [1.82, 2.24) is 19.8 Å². The highest BCUT2D eigenvalue weighted by molar-refractivity contribution is 7.71. The van der Waals surface area contributed by atoms with Gasteiger partial charge in [-0.3, -0.25) is 5.10 Å². The quantitative estimate of drug-likeness (QED) is 0.589. The van der Waals surface area contributed by atoms with Crippen LogP contribution in [0.5, 0.6) is 0 Å². The first-order chi connectivity index (χ1) is 7.27. The zero-order valence-electron chi connectivity index (χ0n) is 8.78. The first kappa shape index (κ1) is 10.6. The Kier molecular flexibility index (Phi) is 3.37. The van der Waals surface area contributed by atoms with Crippen LogP contribution in [0, 0.1) is 4.77 Å². The number of nitrogens with two attached hydrogens (primary N) is 1. The van der Waals surface area contributed by atoms with Gasteiger partial charge >= 0.3 is 0 Å². The van der Waals surface area contributed by atoms with Crippen molar-refractivity contribution in [2.75, 3.05) is 25.5 Å². The van der Waals surface area contributed by atoms with Gasteiger partial charge in [-0.2, -0.15) is 5.10 Å². The Morgan fingerprint density at radius 3 is 2.67 bits per heavy atom. The van der Waals surface area contributed by atoms with Crippen LogP contribution in [0.1, 0.15) is 25.1 Å². The van der Waals surface area contributed by atoms with Crippen molar-refractivity contribution in [3.8, 4) is 0 Å². The standard InChI is InChI=1S/C9H17N5S/c10-14-8(11-12-9(14)15)4-7-13-5-2-1-3-6-13/h1-7,10H2,(H,12,15). The van der Waals surface area contributed by atoms with Gasteiger partial charge in [-0.05, 0) is 38.1 Å². The van der Waals surface area contributed by atoms with Crippen LogP contribution in [0.3, 0.4) is 0 Å². The van der Waals surface area contributed by atoms with Crippen LogP contribution in [0.15, 0.2) is 0 Å². The molecular formula is C9H17N5S. The minimum atomic E-state index is 0.489. The van der Waals surface area contributed by atoms with Gasteiger partial charge in [-0.15, -0.1) is 0 Å². The number of hydrogen-bond acceptors (Lipinski definition) is 4. The number of likely N-dealkylation sites (tertiary alicyclic amines) is 1. The zero-order chi connectivity index (χ0) is 10.7. The third-order valence-corrected chi connectivity index (χ3v) is 3.17. The predicted molar refractivity (Wildman–Crippen MR) is 61.6 cm³/mol. The maximum atomic E-state index is 5.72. The molecular weight excluding hydrogens is 210 g/mol. The fourth-order valence-electron chi connectivity index (χ4n) is 1.95. The fourth-order valence-corrected chi connectivity index (χ4v) is 2.11. The molecule has 0 unspecified atom stereocenters. The maximum absolute atomic E-state index is 5.72. The molecule has 0 aliphatic carbocycles. The van der Waals surface area contributed by atoms with Crippen LogP contribution in [0.4, 0.5) is 0 Å². The van der Waals surface area contributed by atoms with Gasteiger partial charge in [-0.25, -0.2) is 4.68 Å². The Morgan fingerprint density at radius 2 is 2.07 bits per heavy atom.